The molecular weight excluding hydrogens is 294 g/mol. The van der Waals surface area contributed by atoms with Crippen LogP contribution in [0.2, 0.25) is 0 Å². The zero-order valence-corrected chi connectivity index (χ0v) is 12.2. The second-order valence-corrected chi connectivity index (χ2v) is 5.70. The number of likely N-dealkylation sites (N-methyl/N-ethyl adjacent to an activating group) is 1. The summed E-state index contributed by atoms with van der Waals surface area (Å²) < 4.78 is 1.14. The van der Waals surface area contributed by atoms with Gasteiger partial charge in [0.2, 0.25) is 0 Å². The van der Waals surface area contributed by atoms with E-state index >= 15 is 0 Å². The molecule has 90 valence electrons. The Morgan fingerprint density at radius 3 is 2.88 bits per heavy atom. The number of hydrogen-bond acceptors (Lipinski definition) is 2. The predicted octanol–water partition coefficient (Wildman–Crippen LogP) is 4.40. The SMILES string of the molecule is CCNC(Cc1ccsc1)c1cccc(Br)c1. The molecule has 0 aliphatic heterocycles. The first-order valence-electron chi connectivity index (χ1n) is 5.79. The molecule has 0 bridgehead atoms. The van der Waals surface area contributed by atoms with Crippen LogP contribution in [0.15, 0.2) is 45.6 Å². The number of hydrogen-bond donors (Lipinski definition) is 1. The lowest BCUT2D eigenvalue weighted by atomic mass is 10.0. The van der Waals surface area contributed by atoms with Gasteiger partial charge >= 0.3 is 0 Å². The number of halogens is 1. The quantitative estimate of drug-likeness (QED) is 0.863. The first kappa shape index (κ1) is 12.8. The maximum Gasteiger partial charge on any atom is 0.0361 e. The fourth-order valence-corrected chi connectivity index (χ4v) is 3.02. The fraction of sp³-hybridized carbons (Fsp3) is 0.286. The molecule has 3 heteroatoms. The summed E-state index contributed by atoms with van der Waals surface area (Å²) in [6.45, 7) is 3.14. The van der Waals surface area contributed by atoms with E-state index in [1.54, 1.807) is 11.3 Å². The zero-order valence-electron chi connectivity index (χ0n) is 9.82. The molecule has 2 rings (SSSR count). The molecule has 1 unspecified atom stereocenters. The monoisotopic (exact) mass is 309 g/mol. The molecular formula is C14H16BrNS. The standard InChI is InChI=1S/C14H16BrNS/c1-2-16-14(8-11-6-7-17-10-11)12-4-3-5-13(15)9-12/h3-7,9-10,14,16H,2,8H2,1H3. The molecule has 0 saturated carbocycles. The van der Waals surface area contributed by atoms with E-state index in [2.05, 4.69) is 69.3 Å². The molecule has 2 aromatic rings. The van der Waals surface area contributed by atoms with Gasteiger partial charge in [-0.15, -0.1) is 0 Å². The Labute approximate surface area is 115 Å². The van der Waals surface area contributed by atoms with Crippen LogP contribution in [0.3, 0.4) is 0 Å². The Bertz CT molecular complexity index is 453. The van der Waals surface area contributed by atoms with Gasteiger partial charge in [0.25, 0.3) is 0 Å². The normalized spacial score (nSPS) is 12.6. The second-order valence-electron chi connectivity index (χ2n) is 4.00. The molecule has 1 N–H and O–H groups in total. The molecule has 0 radical (unpaired) electrons. The minimum absolute atomic E-state index is 0.395. The van der Waals surface area contributed by atoms with Gasteiger partial charge in [-0.3, -0.25) is 0 Å². The Morgan fingerprint density at radius 1 is 1.35 bits per heavy atom. The van der Waals surface area contributed by atoms with Crippen molar-refractivity contribution >= 4 is 27.3 Å². The minimum Gasteiger partial charge on any atom is -0.310 e. The van der Waals surface area contributed by atoms with Gasteiger partial charge in [0, 0.05) is 10.5 Å². The first-order valence-corrected chi connectivity index (χ1v) is 7.53. The van der Waals surface area contributed by atoms with Crippen molar-refractivity contribution in [2.24, 2.45) is 0 Å². The van der Waals surface area contributed by atoms with Gasteiger partial charge in [0.15, 0.2) is 0 Å². The molecule has 1 nitrogen and oxygen atoms in total. The number of thiophene rings is 1. The summed E-state index contributed by atoms with van der Waals surface area (Å²) in [5.41, 5.74) is 2.74. The van der Waals surface area contributed by atoms with E-state index in [9.17, 15) is 0 Å². The van der Waals surface area contributed by atoms with Gasteiger partial charge in [0.05, 0.1) is 0 Å². The molecule has 1 heterocycles. The van der Waals surface area contributed by atoms with Crippen molar-refractivity contribution in [3.63, 3.8) is 0 Å². The van der Waals surface area contributed by atoms with Crippen molar-refractivity contribution in [1.29, 1.82) is 0 Å². The molecule has 1 atom stereocenters. The molecule has 0 saturated heterocycles. The maximum atomic E-state index is 3.55. The van der Waals surface area contributed by atoms with E-state index in [0.29, 0.717) is 6.04 Å². The lowest BCUT2D eigenvalue weighted by Crippen LogP contribution is -2.22. The van der Waals surface area contributed by atoms with E-state index in [1.807, 2.05) is 0 Å². The van der Waals surface area contributed by atoms with Gasteiger partial charge in [-0.25, -0.2) is 0 Å². The number of rotatable bonds is 5. The maximum absolute atomic E-state index is 3.55. The Hall–Kier alpha value is -0.640. The number of benzene rings is 1. The van der Waals surface area contributed by atoms with Crippen LogP contribution < -0.4 is 5.32 Å². The molecule has 0 amide bonds. The average Bonchev–Trinajstić information content (AvgIpc) is 2.81. The smallest absolute Gasteiger partial charge is 0.0361 e. The largest absolute Gasteiger partial charge is 0.310 e. The van der Waals surface area contributed by atoms with Crippen molar-refractivity contribution in [3.05, 3.63) is 56.7 Å². The summed E-state index contributed by atoms with van der Waals surface area (Å²) in [7, 11) is 0. The van der Waals surface area contributed by atoms with Crippen LogP contribution in [0.5, 0.6) is 0 Å². The van der Waals surface area contributed by atoms with Crippen molar-refractivity contribution in [3.8, 4) is 0 Å². The summed E-state index contributed by atoms with van der Waals surface area (Å²) >= 11 is 5.29. The molecule has 17 heavy (non-hydrogen) atoms. The van der Waals surface area contributed by atoms with Crippen LogP contribution in [0.1, 0.15) is 24.1 Å². The highest BCUT2D eigenvalue weighted by Gasteiger charge is 2.11. The second kappa shape index (κ2) is 6.34. The number of nitrogens with one attached hydrogen (secondary N) is 1. The predicted molar refractivity (Wildman–Crippen MR) is 78.6 cm³/mol. The van der Waals surface area contributed by atoms with Gasteiger partial charge in [-0.1, -0.05) is 35.0 Å². The van der Waals surface area contributed by atoms with Crippen molar-refractivity contribution in [1.82, 2.24) is 5.32 Å². The Morgan fingerprint density at radius 2 is 2.24 bits per heavy atom. The van der Waals surface area contributed by atoms with E-state index in [4.69, 9.17) is 0 Å². The van der Waals surface area contributed by atoms with Gasteiger partial charge in [0.1, 0.15) is 0 Å². The molecule has 0 aliphatic rings. The lowest BCUT2D eigenvalue weighted by Gasteiger charge is -2.18. The Balaban J connectivity index is 2.16. The molecule has 0 spiro atoms. The molecule has 0 aliphatic carbocycles. The summed E-state index contributed by atoms with van der Waals surface area (Å²) in [4.78, 5) is 0. The molecule has 0 fully saturated rings. The summed E-state index contributed by atoms with van der Waals surface area (Å²) in [5.74, 6) is 0. The topological polar surface area (TPSA) is 12.0 Å². The van der Waals surface area contributed by atoms with Gasteiger partial charge < -0.3 is 5.32 Å². The zero-order chi connectivity index (χ0) is 12.1. The summed E-state index contributed by atoms with van der Waals surface area (Å²) in [6, 6.07) is 11.1. The van der Waals surface area contributed by atoms with Crippen LogP contribution in [-0.2, 0) is 6.42 Å². The lowest BCUT2D eigenvalue weighted by molar-refractivity contribution is 0.550. The first-order chi connectivity index (χ1) is 8.29. The van der Waals surface area contributed by atoms with Gasteiger partial charge in [-0.2, -0.15) is 11.3 Å². The van der Waals surface area contributed by atoms with Gasteiger partial charge in [-0.05, 0) is 53.1 Å². The highest BCUT2D eigenvalue weighted by Crippen LogP contribution is 2.22. The highest BCUT2D eigenvalue weighted by atomic mass is 79.9. The van der Waals surface area contributed by atoms with E-state index in [-0.39, 0.29) is 0 Å². The molecule has 1 aromatic carbocycles. The molecule has 1 aromatic heterocycles. The third kappa shape index (κ3) is 3.66. The minimum atomic E-state index is 0.395. The fourth-order valence-electron chi connectivity index (χ4n) is 1.92. The van der Waals surface area contributed by atoms with E-state index in [0.717, 1.165) is 17.4 Å². The van der Waals surface area contributed by atoms with Crippen LogP contribution >= 0.6 is 27.3 Å². The van der Waals surface area contributed by atoms with E-state index < -0.39 is 0 Å². The average molecular weight is 310 g/mol. The highest BCUT2D eigenvalue weighted by molar-refractivity contribution is 9.10. The Kier molecular flexibility index (Phi) is 4.77. The van der Waals surface area contributed by atoms with Crippen molar-refractivity contribution in [2.45, 2.75) is 19.4 Å². The van der Waals surface area contributed by atoms with Crippen LogP contribution in [0.4, 0.5) is 0 Å². The van der Waals surface area contributed by atoms with Crippen molar-refractivity contribution < 1.29 is 0 Å². The van der Waals surface area contributed by atoms with Crippen LogP contribution in [0.25, 0.3) is 0 Å². The third-order valence-electron chi connectivity index (χ3n) is 2.72. The van der Waals surface area contributed by atoms with Crippen molar-refractivity contribution in [2.75, 3.05) is 6.54 Å². The van der Waals surface area contributed by atoms with Crippen LogP contribution in [0, 0.1) is 0 Å². The summed E-state index contributed by atoms with van der Waals surface area (Å²) in [5, 5.41) is 7.91. The third-order valence-corrected chi connectivity index (χ3v) is 3.95. The van der Waals surface area contributed by atoms with E-state index in [1.165, 1.54) is 11.1 Å². The summed E-state index contributed by atoms with van der Waals surface area (Å²) in [6.07, 6.45) is 1.05. The van der Waals surface area contributed by atoms with Crippen LogP contribution in [-0.4, -0.2) is 6.54 Å².